The SMILES string of the molecule is COc1ccc(S(=O)(=O)NCCc2ccc(OC)c3ccccc23)cc1N1CCCCC1. The smallest absolute Gasteiger partial charge is 0.240 e. The maximum atomic E-state index is 13.0. The highest BCUT2D eigenvalue weighted by Gasteiger charge is 2.20. The van der Waals surface area contributed by atoms with Crippen LogP contribution in [-0.4, -0.2) is 42.3 Å². The van der Waals surface area contributed by atoms with E-state index in [0.29, 0.717) is 18.7 Å². The van der Waals surface area contributed by atoms with Crippen molar-refractivity contribution in [3.63, 3.8) is 0 Å². The van der Waals surface area contributed by atoms with Gasteiger partial charge in [0.05, 0.1) is 24.8 Å². The molecule has 0 saturated carbocycles. The summed E-state index contributed by atoms with van der Waals surface area (Å²) in [4.78, 5) is 2.48. The van der Waals surface area contributed by atoms with Gasteiger partial charge in [0.2, 0.25) is 10.0 Å². The Morgan fingerprint density at radius 2 is 1.56 bits per heavy atom. The molecule has 7 heteroatoms. The maximum absolute atomic E-state index is 13.0. The Labute approximate surface area is 190 Å². The van der Waals surface area contributed by atoms with E-state index in [0.717, 1.165) is 53.7 Å². The molecule has 1 heterocycles. The Hall–Kier alpha value is -2.77. The second-order valence-corrected chi connectivity index (χ2v) is 9.77. The van der Waals surface area contributed by atoms with Crippen LogP contribution in [0.4, 0.5) is 5.69 Å². The van der Waals surface area contributed by atoms with Gasteiger partial charge >= 0.3 is 0 Å². The molecule has 1 aliphatic rings. The highest BCUT2D eigenvalue weighted by atomic mass is 32.2. The Bertz CT molecular complexity index is 1190. The van der Waals surface area contributed by atoms with E-state index in [1.54, 1.807) is 32.4 Å². The molecule has 0 atom stereocenters. The fourth-order valence-electron chi connectivity index (χ4n) is 4.35. The number of methoxy groups -OCH3 is 2. The predicted molar refractivity (Wildman–Crippen MR) is 128 cm³/mol. The van der Waals surface area contributed by atoms with Crippen molar-refractivity contribution in [2.24, 2.45) is 0 Å². The Morgan fingerprint density at radius 1 is 0.875 bits per heavy atom. The zero-order chi connectivity index (χ0) is 22.6. The van der Waals surface area contributed by atoms with Crippen molar-refractivity contribution in [3.05, 3.63) is 60.2 Å². The van der Waals surface area contributed by atoms with Crippen LogP contribution in [0.15, 0.2) is 59.5 Å². The summed E-state index contributed by atoms with van der Waals surface area (Å²) in [5, 5.41) is 2.10. The summed E-state index contributed by atoms with van der Waals surface area (Å²) in [5.41, 5.74) is 1.92. The van der Waals surface area contributed by atoms with Crippen molar-refractivity contribution >= 4 is 26.5 Å². The molecule has 0 aromatic heterocycles. The molecule has 0 unspecified atom stereocenters. The van der Waals surface area contributed by atoms with E-state index in [2.05, 4.69) is 9.62 Å². The first-order valence-electron chi connectivity index (χ1n) is 11.0. The molecule has 1 fully saturated rings. The lowest BCUT2D eigenvalue weighted by molar-refractivity contribution is 0.412. The third-order valence-corrected chi connectivity index (χ3v) is 7.50. The minimum atomic E-state index is -3.64. The van der Waals surface area contributed by atoms with Crippen molar-refractivity contribution in [2.75, 3.05) is 38.8 Å². The molecule has 4 rings (SSSR count). The molecule has 1 aliphatic heterocycles. The molecule has 3 aromatic rings. The van der Waals surface area contributed by atoms with Gasteiger partial charge in [-0.1, -0.05) is 30.3 Å². The minimum Gasteiger partial charge on any atom is -0.496 e. The van der Waals surface area contributed by atoms with Crippen molar-refractivity contribution in [1.82, 2.24) is 4.72 Å². The number of ether oxygens (including phenoxy) is 2. The van der Waals surface area contributed by atoms with Crippen molar-refractivity contribution in [2.45, 2.75) is 30.6 Å². The highest BCUT2D eigenvalue weighted by Crippen LogP contribution is 2.33. The summed E-state index contributed by atoms with van der Waals surface area (Å²) in [5.74, 6) is 1.52. The van der Waals surface area contributed by atoms with Gasteiger partial charge in [-0.15, -0.1) is 0 Å². The number of piperidine rings is 1. The van der Waals surface area contributed by atoms with Gasteiger partial charge in [0.15, 0.2) is 0 Å². The van der Waals surface area contributed by atoms with E-state index in [-0.39, 0.29) is 4.90 Å². The van der Waals surface area contributed by atoms with Crippen LogP contribution >= 0.6 is 0 Å². The molecule has 3 aromatic carbocycles. The highest BCUT2D eigenvalue weighted by molar-refractivity contribution is 7.89. The molecule has 0 spiro atoms. The quantitative estimate of drug-likeness (QED) is 0.548. The molecule has 170 valence electrons. The van der Waals surface area contributed by atoms with Crippen molar-refractivity contribution < 1.29 is 17.9 Å². The Balaban J connectivity index is 1.51. The summed E-state index contributed by atoms with van der Waals surface area (Å²) in [6.07, 6.45) is 4.00. The lowest BCUT2D eigenvalue weighted by atomic mass is 10.0. The summed E-state index contributed by atoms with van der Waals surface area (Å²) in [6.45, 7) is 2.14. The fourth-order valence-corrected chi connectivity index (χ4v) is 5.40. The molecule has 0 amide bonds. The molecular weight excluding hydrogens is 424 g/mol. The van der Waals surface area contributed by atoms with Crippen molar-refractivity contribution in [3.8, 4) is 11.5 Å². The van der Waals surface area contributed by atoms with E-state index in [4.69, 9.17) is 9.47 Å². The number of nitrogens with zero attached hydrogens (tertiary/aromatic N) is 1. The Kier molecular flexibility index (Phi) is 6.86. The van der Waals surface area contributed by atoms with Crippen molar-refractivity contribution in [1.29, 1.82) is 0 Å². The summed E-state index contributed by atoms with van der Waals surface area (Å²) in [7, 11) is -0.365. The normalized spacial score (nSPS) is 14.5. The summed E-state index contributed by atoms with van der Waals surface area (Å²) >= 11 is 0. The number of hydrogen-bond donors (Lipinski definition) is 1. The third-order valence-electron chi connectivity index (χ3n) is 6.04. The van der Waals surface area contributed by atoms with Crippen LogP contribution in [0.25, 0.3) is 10.8 Å². The van der Waals surface area contributed by atoms with E-state index in [1.165, 1.54) is 6.42 Å². The average Bonchev–Trinajstić information content (AvgIpc) is 2.84. The number of nitrogens with one attached hydrogen (secondary N) is 1. The maximum Gasteiger partial charge on any atom is 0.240 e. The second-order valence-electron chi connectivity index (χ2n) is 8.00. The first-order valence-corrected chi connectivity index (χ1v) is 12.5. The van der Waals surface area contributed by atoms with E-state index in [9.17, 15) is 8.42 Å². The van der Waals surface area contributed by atoms with Crippen LogP contribution in [0.2, 0.25) is 0 Å². The van der Waals surface area contributed by atoms with Gasteiger partial charge in [-0.25, -0.2) is 13.1 Å². The topological polar surface area (TPSA) is 67.9 Å². The first-order chi connectivity index (χ1) is 15.5. The fraction of sp³-hybridized carbons (Fsp3) is 0.360. The monoisotopic (exact) mass is 454 g/mol. The van der Waals surface area contributed by atoms with Crippen LogP contribution in [0.5, 0.6) is 11.5 Å². The largest absolute Gasteiger partial charge is 0.496 e. The summed E-state index contributed by atoms with van der Waals surface area (Å²) < 4.78 is 39.8. The van der Waals surface area contributed by atoms with E-state index in [1.807, 2.05) is 36.4 Å². The van der Waals surface area contributed by atoms with Gasteiger partial charge in [0.1, 0.15) is 11.5 Å². The van der Waals surface area contributed by atoms with Crippen LogP contribution in [-0.2, 0) is 16.4 Å². The van der Waals surface area contributed by atoms with Gasteiger partial charge in [0.25, 0.3) is 0 Å². The number of fused-ring (bicyclic) bond motifs is 1. The van der Waals surface area contributed by atoms with E-state index < -0.39 is 10.0 Å². The second kappa shape index (κ2) is 9.79. The molecule has 32 heavy (non-hydrogen) atoms. The molecule has 0 bridgehead atoms. The van der Waals surface area contributed by atoms with Crippen LogP contribution in [0.3, 0.4) is 0 Å². The van der Waals surface area contributed by atoms with Gasteiger partial charge in [-0.3, -0.25) is 0 Å². The lowest BCUT2D eigenvalue weighted by Gasteiger charge is -2.30. The molecule has 6 nitrogen and oxygen atoms in total. The molecular formula is C25H30N2O4S. The van der Waals surface area contributed by atoms with Gasteiger partial charge in [-0.2, -0.15) is 0 Å². The predicted octanol–water partition coefficient (Wildman–Crippen LogP) is 4.37. The lowest BCUT2D eigenvalue weighted by Crippen LogP contribution is -2.30. The molecule has 1 N–H and O–H groups in total. The average molecular weight is 455 g/mol. The summed E-state index contributed by atoms with van der Waals surface area (Å²) in [6, 6.07) is 17.0. The van der Waals surface area contributed by atoms with Gasteiger partial charge in [-0.05, 0) is 60.9 Å². The van der Waals surface area contributed by atoms with E-state index >= 15 is 0 Å². The number of hydrogen-bond acceptors (Lipinski definition) is 5. The standard InChI is InChI=1S/C25H30N2O4S/c1-30-24-12-10-19(21-8-4-5-9-22(21)24)14-15-26-32(28,29)20-11-13-25(31-2)23(18-20)27-16-6-3-7-17-27/h4-5,8-13,18,26H,3,6-7,14-17H2,1-2H3. The third kappa shape index (κ3) is 4.69. The number of benzene rings is 3. The van der Waals surface area contributed by atoms with Gasteiger partial charge in [0, 0.05) is 25.0 Å². The molecule has 0 radical (unpaired) electrons. The van der Waals surface area contributed by atoms with Gasteiger partial charge < -0.3 is 14.4 Å². The van der Waals surface area contributed by atoms with Crippen LogP contribution in [0, 0.1) is 0 Å². The molecule has 1 saturated heterocycles. The minimum absolute atomic E-state index is 0.262. The van der Waals surface area contributed by atoms with Crippen LogP contribution < -0.4 is 19.1 Å². The zero-order valence-corrected chi connectivity index (χ0v) is 19.5. The number of anilines is 1. The number of sulfonamides is 1. The van der Waals surface area contributed by atoms with Crippen LogP contribution in [0.1, 0.15) is 24.8 Å². The Morgan fingerprint density at radius 3 is 2.28 bits per heavy atom. The number of rotatable bonds is 8. The zero-order valence-electron chi connectivity index (χ0n) is 18.6. The first kappa shape index (κ1) is 22.4. The molecule has 0 aliphatic carbocycles.